The summed E-state index contributed by atoms with van der Waals surface area (Å²) in [4.78, 5) is 17.1. The highest BCUT2D eigenvalue weighted by Gasteiger charge is 2.31. The monoisotopic (exact) mass is 722 g/mol. The fraction of sp³-hybridized carbons (Fsp3) is 0. The van der Waals surface area contributed by atoms with E-state index < -0.39 is 0 Å². The van der Waals surface area contributed by atoms with E-state index in [4.69, 9.17) is 19.7 Å². The number of benzene rings is 8. The van der Waals surface area contributed by atoms with Gasteiger partial charge in [-0.1, -0.05) is 152 Å². The van der Waals surface area contributed by atoms with Crippen molar-refractivity contribution in [1.82, 2.24) is 15.0 Å². The summed E-state index contributed by atoms with van der Waals surface area (Å²) in [6.07, 6.45) is 0. The molecule has 0 aliphatic carbocycles. The van der Waals surface area contributed by atoms with Gasteiger partial charge in [-0.25, -0.2) is 15.0 Å². The number of para-hydroxylation sites is 2. The number of rotatable bonds is 5. The maximum absolute atomic E-state index is 6.80. The highest BCUT2D eigenvalue weighted by molar-refractivity contribution is 7.26. The van der Waals surface area contributed by atoms with Crippen LogP contribution in [0.3, 0.4) is 0 Å². The van der Waals surface area contributed by atoms with Crippen LogP contribution in [0, 0.1) is 0 Å². The quantitative estimate of drug-likeness (QED) is 0.177. The standard InChI is InChI=1S/C49H30N4OS/c1-3-13-33(14-4-1)47-50-48(34-15-5-2-6-16-34)52-49(51-47)35-25-23-31(24-26-35)32-27-29-36(30-28-32)53-40-20-10-11-21-41(40)54-45-38-18-8-7-17-37(38)43-39-19-9-12-22-42(39)55-46(43)44(45)53/h1-30H. The Bertz CT molecular complexity index is 2990. The third kappa shape index (κ3) is 5.26. The molecule has 0 fully saturated rings. The normalized spacial score (nSPS) is 12.1. The maximum atomic E-state index is 6.80. The molecule has 0 unspecified atom stereocenters. The molecule has 1 aliphatic heterocycles. The molecule has 2 aromatic heterocycles. The second-order valence-corrected chi connectivity index (χ2v) is 14.6. The molecule has 55 heavy (non-hydrogen) atoms. The second kappa shape index (κ2) is 12.8. The summed E-state index contributed by atoms with van der Waals surface area (Å²) in [6.45, 7) is 0. The maximum Gasteiger partial charge on any atom is 0.164 e. The number of hydrogen-bond acceptors (Lipinski definition) is 6. The van der Waals surface area contributed by atoms with Crippen LogP contribution in [0.2, 0.25) is 0 Å². The highest BCUT2D eigenvalue weighted by Crippen LogP contribution is 2.58. The minimum absolute atomic E-state index is 0.638. The van der Waals surface area contributed by atoms with Crippen LogP contribution >= 0.6 is 11.3 Å². The van der Waals surface area contributed by atoms with Crippen molar-refractivity contribution in [3.8, 4) is 56.8 Å². The lowest BCUT2D eigenvalue weighted by Crippen LogP contribution is -2.16. The molecule has 1 aliphatic rings. The smallest absolute Gasteiger partial charge is 0.164 e. The number of nitrogens with zero attached hydrogens (tertiary/aromatic N) is 4. The van der Waals surface area contributed by atoms with Gasteiger partial charge in [0.1, 0.15) is 5.69 Å². The predicted octanol–water partition coefficient (Wildman–Crippen LogP) is 13.6. The molecule has 0 saturated carbocycles. The van der Waals surface area contributed by atoms with Crippen LogP contribution in [-0.2, 0) is 0 Å². The largest absolute Gasteiger partial charge is 0.452 e. The lowest BCUT2D eigenvalue weighted by Gasteiger charge is -2.34. The fourth-order valence-electron chi connectivity index (χ4n) is 7.69. The van der Waals surface area contributed by atoms with E-state index >= 15 is 0 Å². The van der Waals surface area contributed by atoms with E-state index in [1.807, 2.05) is 78.1 Å². The van der Waals surface area contributed by atoms with Crippen molar-refractivity contribution in [2.45, 2.75) is 0 Å². The van der Waals surface area contributed by atoms with Crippen LogP contribution in [0.15, 0.2) is 182 Å². The van der Waals surface area contributed by atoms with Gasteiger partial charge in [0, 0.05) is 43.2 Å². The Hall–Kier alpha value is -7.15. The molecule has 10 aromatic rings. The van der Waals surface area contributed by atoms with Gasteiger partial charge in [0.25, 0.3) is 0 Å². The van der Waals surface area contributed by atoms with Gasteiger partial charge in [-0.15, -0.1) is 11.3 Å². The van der Waals surface area contributed by atoms with E-state index in [1.165, 1.54) is 25.6 Å². The first kappa shape index (κ1) is 31.4. The van der Waals surface area contributed by atoms with Crippen molar-refractivity contribution in [2.24, 2.45) is 0 Å². The summed E-state index contributed by atoms with van der Waals surface area (Å²) in [7, 11) is 0. The van der Waals surface area contributed by atoms with Gasteiger partial charge in [-0.3, -0.25) is 0 Å². The predicted molar refractivity (Wildman–Crippen MR) is 227 cm³/mol. The number of aromatic nitrogens is 3. The molecular formula is C49H30N4OS. The first-order valence-corrected chi connectivity index (χ1v) is 19.1. The second-order valence-electron chi connectivity index (χ2n) is 13.6. The molecule has 6 heteroatoms. The molecule has 0 amide bonds. The van der Waals surface area contributed by atoms with Crippen LogP contribution in [-0.4, -0.2) is 15.0 Å². The number of anilines is 3. The molecule has 11 rings (SSSR count). The van der Waals surface area contributed by atoms with Crippen LogP contribution < -0.4 is 9.64 Å². The molecule has 5 nitrogen and oxygen atoms in total. The molecular weight excluding hydrogens is 693 g/mol. The van der Waals surface area contributed by atoms with Crippen molar-refractivity contribution >= 4 is 59.3 Å². The van der Waals surface area contributed by atoms with Gasteiger partial charge in [-0.2, -0.15) is 0 Å². The Morgan fingerprint density at radius 1 is 0.418 bits per heavy atom. The third-order valence-corrected chi connectivity index (χ3v) is 11.5. The topological polar surface area (TPSA) is 51.1 Å². The van der Waals surface area contributed by atoms with E-state index in [1.54, 1.807) is 0 Å². The van der Waals surface area contributed by atoms with Gasteiger partial charge >= 0.3 is 0 Å². The van der Waals surface area contributed by atoms with Crippen molar-refractivity contribution in [3.63, 3.8) is 0 Å². The molecule has 8 aromatic carbocycles. The zero-order valence-electron chi connectivity index (χ0n) is 29.4. The van der Waals surface area contributed by atoms with Crippen LogP contribution in [0.1, 0.15) is 0 Å². The Morgan fingerprint density at radius 3 is 1.56 bits per heavy atom. The van der Waals surface area contributed by atoms with Crippen LogP contribution in [0.5, 0.6) is 11.5 Å². The third-order valence-electron chi connectivity index (χ3n) is 10.3. The molecule has 0 N–H and O–H groups in total. The number of ether oxygens (including phenoxy) is 1. The van der Waals surface area contributed by atoms with E-state index in [2.05, 4.69) is 120 Å². The minimum Gasteiger partial charge on any atom is -0.452 e. The summed E-state index contributed by atoms with van der Waals surface area (Å²) in [5.74, 6) is 3.66. The number of hydrogen-bond donors (Lipinski definition) is 0. The van der Waals surface area contributed by atoms with Gasteiger partial charge in [0.2, 0.25) is 0 Å². The van der Waals surface area contributed by atoms with Crippen LogP contribution in [0.25, 0.3) is 76.2 Å². The van der Waals surface area contributed by atoms with E-state index in [0.29, 0.717) is 17.5 Å². The zero-order chi connectivity index (χ0) is 36.3. The van der Waals surface area contributed by atoms with Crippen molar-refractivity contribution in [3.05, 3.63) is 182 Å². The average Bonchev–Trinajstić information content (AvgIpc) is 3.66. The van der Waals surface area contributed by atoms with Crippen LogP contribution in [0.4, 0.5) is 17.1 Å². The molecule has 3 heterocycles. The Kier molecular flexibility index (Phi) is 7.28. The molecule has 0 saturated heterocycles. The van der Waals surface area contributed by atoms with E-state index in [9.17, 15) is 0 Å². The van der Waals surface area contributed by atoms with Gasteiger partial charge in [0.15, 0.2) is 29.0 Å². The molecule has 0 atom stereocenters. The van der Waals surface area contributed by atoms with Gasteiger partial charge in [0.05, 0.1) is 10.4 Å². The number of fused-ring (bicyclic) bond motifs is 9. The Balaban J connectivity index is 0.996. The summed E-state index contributed by atoms with van der Waals surface area (Å²) >= 11 is 1.83. The highest BCUT2D eigenvalue weighted by atomic mass is 32.1. The first-order valence-electron chi connectivity index (χ1n) is 18.3. The lowest BCUT2D eigenvalue weighted by molar-refractivity contribution is 0.483. The average molecular weight is 723 g/mol. The van der Waals surface area contributed by atoms with Crippen molar-refractivity contribution < 1.29 is 4.74 Å². The summed E-state index contributed by atoms with van der Waals surface area (Å²) < 4.78 is 9.28. The van der Waals surface area contributed by atoms with E-state index in [-0.39, 0.29) is 0 Å². The summed E-state index contributed by atoms with van der Waals surface area (Å²) in [5.41, 5.74) is 8.22. The summed E-state index contributed by atoms with van der Waals surface area (Å²) in [5, 5.41) is 4.85. The van der Waals surface area contributed by atoms with Crippen molar-refractivity contribution in [1.29, 1.82) is 0 Å². The zero-order valence-corrected chi connectivity index (χ0v) is 30.2. The molecule has 0 spiro atoms. The van der Waals surface area contributed by atoms with E-state index in [0.717, 1.165) is 61.8 Å². The lowest BCUT2D eigenvalue weighted by atomic mass is 9.99. The first-order chi connectivity index (χ1) is 27.3. The molecule has 258 valence electrons. The molecule has 0 bridgehead atoms. The SMILES string of the molecule is c1ccc(-c2nc(-c3ccccc3)nc(-c3ccc(-c4ccc(N5c6ccccc6Oc6c5c5sc7ccccc7c5c5ccccc65)cc4)cc3)n2)cc1. The molecule has 0 radical (unpaired) electrons. The fourth-order valence-corrected chi connectivity index (χ4v) is 8.94. The summed E-state index contributed by atoms with van der Waals surface area (Å²) in [6, 6.07) is 63.1. The Morgan fingerprint density at radius 2 is 0.909 bits per heavy atom. The van der Waals surface area contributed by atoms with Crippen molar-refractivity contribution in [2.75, 3.05) is 4.90 Å². The minimum atomic E-state index is 0.638. The van der Waals surface area contributed by atoms with Gasteiger partial charge in [-0.05, 0) is 46.8 Å². The van der Waals surface area contributed by atoms with Gasteiger partial charge < -0.3 is 9.64 Å². The number of thiophene rings is 1. The Labute approximate surface area is 321 Å².